The Morgan fingerprint density at radius 1 is 1.18 bits per heavy atom. The number of halogens is 4. The summed E-state index contributed by atoms with van der Waals surface area (Å²) in [4.78, 5) is 13.3. The van der Waals surface area contributed by atoms with Crippen molar-refractivity contribution in [2.75, 3.05) is 5.32 Å². The molecule has 0 heterocycles. The lowest BCUT2D eigenvalue weighted by Gasteiger charge is -2.43. The first-order valence-corrected chi connectivity index (χ1v) is 12.1. The molecule has 2 fully saturated rings. The van der Waals surface area contributed by atoms with E-state index in [9.17, 15) is 28.2 Å². The summed E-state index contributed by atoms with van der Waals surface area (Å²) >= 11 is 7.92. The lowest BCUT2D eigenvalue weighted by atomic mass is 9.71. The van der Waals surface area contributed by atoms with Crippen molar-refractivity contribution in [3.05, 3.63) is 58.4 Å². The molecule has 0 aromatic heterocycles. The van der Waals surface area contributed by atoms with Crippen LogP contribution in [0.25, 0.3) is 0 Å². The smallest absolute Gasteiger partial charge is 0.255 e. The van der Waals surface area contributed by atoms with Crippen LogP contribution < -0.4 is 5.32 Å². The average Bonchev–Trinajstić information content (AvgIpc) is 2.90. The van der Waals surface area contributed by atoms with E-state index in [2.05, 4.69) is 5.32 Å². The summed E-state index contributed by atoms with van der Waals surface area (Å²) in [6, 6.07) is 6.15. The summed E-state index contributed by atoms with van der Waals surface area (Å²) < 4.78 is 40.0. The molecule has 2 saturated carbocycles. The van der Waals surface area contributed by atoms with E-state index in [0.717, 1.165) is 25.7 Å². The quantitative estimate of drug-likeness (QED) is 0.440. The standard InChI is InChI=1S/C24H25ClF3NO3S/c1-12(30)11-24(32)14-3-4-15(24)8-17(7-14)33-21-6-13(2-5-18(21)25)23(31)29-16-9-19(26)22(28)20(27)10-16/h2,5-6,9-10,12,14-15,17,30,32H,3-4,7-8,11H2,1H3,(H,29,31)/t12?,14-,15?,17-,24-/m0/s1. The molecular formula is C24H25ClF3NO3S. The highest BCUT2D eigenvalue weighted by Crippen LogP contribution is 2.55. The summed E-state index contributed by atoms with van der Waals surface area (Å²) in [6.07, 6.45) is 3.23. The second kappa shape index (κ2) is 9.49. The van der Waals surface area contributed by atoms with Crippen molar-refractivity contribution in [3.8, 4) is 0 Å². The molecule has 4 rings (SSSR count). The second-order valence-electron chi connectivity index (χ2n) is 9.08. The van der Waals surface area contributed by atoms with Gasteiger partial charge in [0.2, 0.25) is 0 Å². The first kappa shape index (κ1) is 24.4. The Hall–Kier alpha value is -1.74. The molecule has 2 aromatic carbocycles. The van der Waals surface area contributed by atoms with Crippen molar-refractivity contribution in [2.24, 2.45) is 11.8 Å². The zero-order valence-electron chi connectivity index (χ0n) is 18.0. The number of carbonyl (C=O) groups excluding carboxylic acids is 1. The van der Waals surface area contributed by atoms with Gasteiger partial charge in [-0.2, -0.15) is 0 Å². The van der Waals surface area contributed by atoms with Crippen LogP contribution in [0, 0.1) is 29.3 Å². The minimum atomic E-state index is -1.60. The van der Waals surface area contributed by atoms with Crippen LogP contribution in [0.15, 0.2) is 35.2 Å². The van der Waals surface area contributed by atoms with Gasteiger partial charge in [0, 0.05) is 39.9 Å². The third-order valence-electron chi connectivity index (χ3n) is 6.72. The minimum absolute atomic E-state index is 0.108. The van der Waals surface area contributed by atoms with Gasteiger partial charge in [-0.1, -0.05) is 11.6 Å². The van der Waals surface area contributed by atoms with Crippen LogP contribution in [-0.2, 0) is 0 Å². The molecule has 2 aliphatic carbocycles. The van der Waals surface area contributed by atoms with Crippen LogP contribution >= 0.6 is 23.4 Å². The molecule has 3 N–H and O–H groups in total. The predicted octanol–water partition coefficient (Wildman–Crippen LogP) is 5.79. The van der Waals surface area contributed by atoms with Gasteiger partial charge in [0.25, 0.3) is 5.91 Å². The summed E-state index contributed by atoms with van der Waals surface area (Å²) in [5, 5.41) is 24.0. The van der Waals surface area contributed by atoms with E-state index in [1.165, 1.54) is 6.07 Å². The van der Waals surface area contributed by atoms with E-state index in [0.29, 0.717) is 28.5 Å². The zero-order chi connectivity index (χ0) is 23.9. The SMILES string of the molecule is CC(O)C[C@@]1(O)C2CC[C@H]1C[C@H](Sc1cc(C(=O)Nc3cc(F)c(F)c(F)c3)ccc1Cl)C2. The molecule has 0 spiro atoms. The van der Waals surface area contributed by atoms with E-state index >= 15 is 0 Å². The number of hydrogen-bond donors (Lipinski definition) is 3. The van der Waals surface area contributed by atoms with E-state index in [4.69, 9.17) is 11.6 Å². The molecule has 2 aliphatic rings. The Balaban J connectivity index is 1.47. The lowest BCUT2D eigenvalue weighted by molar-refractivity contribution is -0.0857. The Bertz CT molecular complexity index is 1030. The Kier molecular flexibility index (Phi) is 7.01. The number of nitrogens with one attached hydrogen (secondary N) is 1. The molecule has 0 saturated heterocycles. The normalized spacial score (nSPS) is 27.4. The maximum Gasteiger partial charge on any atom is 0.255 e. The molecule has 2 aromatic rings. The molecule has 178 valence electrons. The summed E-state index contributed by atoms with van der Waals surface area (Å²) in [7, 11) is 0. The number of hydrogen-bond acceptors (Lipinski definition) is 4. The predicted molar refractivity (Wildman–Crippen MR) is 122 cm³/mol. The van der Waals surface area contributed by atoms with Gasteiger partial charge in [0.1, 0.15) is 0 Å². The van der Waals surface area contributed by atoms with Crippen molar-refractivity contribution in [1.29, 1.82) is 0 Å². The fraction of sp³-hybridized carbons (Fsp3) is 0.458. The van der Waals surface area contributed by atoms with Gasteiger partial charge in [-0.25, -0.2) is 13.2 Å². The van der Waals surface area contributed by atoms with Crippen LogP contribution in [0.5, 0.6) is 0 Å². The number of rotatable bonds is 6. The van der Waals surface area contributed by atoms with E-state index < -0.39 is 35.1 Å². The van der Waals surface area contributed by atoms with Crippen molar-refractivity contribution in [2.45, 2.75) is 60.9 Å². The fourth-order valence-corrected chi connectivity index (χ4v) is 6.90. The number of aliphatic hydroxyl groups is 2. The number of anilines is 1. The summed E-state index contributed by atoms with van der Waals surface area (Å²) in [6.45, 7) is 1.70. The number of amides is 1. The third-order valence-corrected chi connectivity index (χ3v) is 8.47. The van der Waals surface area contributed by atoms with Crippen LogP contribution in [-0.4, -0.2) is 33.1 Å². The van der Waals surface area contributed by atoms with Crippen molar-refractivity contribution in [3.63, 3.8) is 0 Å². The molecule has 2 unspecified atom stereocenters. The van der Waals surface area contributed by atoms with Crippen molar-refractivity contribution >= 4 is 35.0 Å². The first-order chi connectivity index (χ1) is 15.6. The topological polar surface area (TPSA) is 69.6 Å². The average molecular weight is 500 g/mol. The third kappa shape index (κ3) is 5.04. The van der Waals surface area contributed by atoms with Crippen LogP contribution in [0.1, 0.15) is 49.4 Å². The largest absolute Gasteiger partial charge is 0.393 e. The van der Waals surface area contributed by atoms with E-state index in [1.54, 1.807) is 30.8 Å². The molecule has 2 bridgehead atoms. The van der Waals surface area contributed by atoms with Crippen LogP contribution in [0.3, 0.4) is 0 Å². The Labute approximate surface area is 199 Å². The number of aliphatic hydroxyl groups excluding tert-OH is 1. The molecule has 4 nitrogen and oxygen atoms in total. The highest BCUT2D eigenvalue weighted by atomic mass is 35.5. The Morgan fingerprint density at radius 3 is 2.36 bits per heavy atom. The van der Waals surface area contributed by atoms with Gasteiger partial charge < -0.3 is 15.5 Å². The lowest BCUT2D eigenvalue weighted by Crippen LogP contribution is -2.47. The minimum Gasteiger partial charge on any atom is -0.393 e. The first-order valence-electron chi connectivity index (χ1n) is 10.9. The van der Waals surface area contributed by atoms with Gasteiger partial charge in [-0.15, -0.1) is 11.8 Å². The molecule has 5 atom stereocenters. The number of thioether (sulfide) groups is 1. The Morgan fingerprint density at radius 2 is 1.79 bits per heavy atom. The number of fused-ring (bicyclic) bond motifs is 2. The second-order valence-corrected chi connectivity index (χ2v) is 10.8. The van der Waals surface area contributed by atoms with Gasteiger partial charge in [0.05, 0.1) is 16.7 Å². The summed E-state index contributed by atoms with van der Waals surface area (Å²) in [5.74, 6) is -4.76. The summed E-state index contributed by atoms with van der Waals surface area (Å²) in [5.41, 5.74) is -0.783. The molecule has 33 heavy (non-hydrogen) atoms. The van der Waals surface area contributed by atoms with Crippen molar-refractivity contribution in [1.82, 2.24) is 0 Å². The fourth-order valence-electron chi connectivity index (χ4n) is 5.26. The number of benzene rings is 2. The highest BCUT2D eigenvalue weighted by Gasteiger charge is 2.53. The molecule has 0 aliphatic heterocycles. The van der Waals surface area contributed by atoms with E-state index in [1.807, 2.05) is 0 Å². The van der Waals surface area contributed by atoms with Crippen LogP contribution in [0.2, 0.25) is 5.02 Å². The molecular weight excluding hydrogens is 475 g/mol. The maximum atomic E-state index is 13.4. The zero-order valence-corrected chi connectivity index (χ0v) is 19.5. The molecule has 9 heteroatoms. The monoisotopic (exact) mass is 499 g/mol. The highest BCUT2D eigenvalue weighted by molar-refractivity contribution is 8.00. The van der Waals surface area contributed by atoms with Gasteiger partial charge in [-0.3, -0.25) is 4.79 Å². The maximum absolute atomic E-state index is 13.4. The van der Waals surface area contributed by atoms with Gasteiger partial charge in [-0.05, 0) is 62.6 Å². The van der Waals surface area contributed by atoms with Gasteiger partial charge in [0.15, 0.2) is 17.5 Å². The molecule has 0 radical (unpaired) electrons. The van der Waals surface area contributed by atoms with Crippen LogP contribution in [0.4, 0.5) is 18.9 Å². The molecule has 1 amide bonds. The van der Waals surface area contributed by atoms with E-state index in [-0.39, 0.29) is 28.3 Å². The van der Waals surface area contributed by atoms with Crippen molar-refractivity contribution < 1.29 is 28.2 Å². The number of carbonyl (C=O) groups is 1. The van der Waals surface area contributed by atoms with Gasteiger partial charge >= 0.3 is 0 Å².